The third kappa shape index (κ3) is 4.77. The zero-order valence-corrected chi connectivity index (χ0v) is 22.2. The number of methoxy groups -OCH3 is 2. The molecule has 0 bridgehead atoms. The predicted octanol–water partition coefficient (Wildman–Crippen LogP) is 5.61. The quantitative estimate of drug-likeness (QED) is 0.381. The topological polar surface area (TPSA) is 71.5 Å². The van der Waals surface area contributed by atoms with Crippen LogP contribution in [0.25, 0.3) is 0 Å². The van der Waals surface area contributed by atoms with Crippen LogP contribution in [-0.4, -0.2) is 56.7 Å². The highest BCUT2D eigenvalue weighted by molar-refractivity contribution is 7.64. The van der Waals surface area contributed by atoms with Gasteiger partial charge in [-0.05, 0) is 49.7 Å². The van der Waals surface area contributed by atoms with E-state index in [1.807, 2.05) is 24.3 Å². The highest BCUT2D eigenvalue weighted by atomic mass is 35.5. The van der Waals surface area contributed by atoms with Crippen LogP contribution in [0, 0.1) is 5.41 Å². The van der Waals surface area contributed by atoms with Gasteiger partial charge in [0.15, 0.2) is 11.6 Å². The predicted molar refractivity (Wildman–Crippen MR) is 146 cm³/mol. The Labute approximate surface area is 213 Å². The van der Waals surface area contributed by atoms with Gasteiger partial charge in [-0.1, -0.05) is 43.8 Å². The van der Waals surface area contributed by atoms with Crippen molar-refractivity contribution in [3.05, 3.63) is 53.7 Å². The monoisotopic (exact) mass is 511 g/mol. The summed E-state index contributed by atoms with van der Waals surface area (Å²) in [5, 5.41) is 8.45. The van der Waals surface area contributed by atoms with E-state index >= 15 is 0 Å². The molecule has 3 aromatic rings. The number of nitrogens with one attached hydrogen (secondary N) is 2. The maximum atomic E-state index is 6.45. The minimum Gasteiger partial charge on any atom is -0.492 e. The van der Waals surface area contributed by atoms with E-state index < -0.39 is 0 Å². The second-order valence-electron chi connectivity index (χ2n) is 9.53. The van der Waals surface area contributed by atoms with Gasteiger partial charge in [-0.15, -0.1) is 0 Å². The summed E-state index contributed by atoms with van der Waals surface area (Å²) >= 11 is 6.45. The first-order chi connectivity index (χ1) is 16.9. The lowest BCUT2D eigenvalue weighted by Crippen LogP contribution is -2.64. The Bertz CT molecular complexity index is 1210. The van der Waals surface area contributed by atoms with Crippen LogP contribution in [0.3, 0.4) is 0 Å². The summed E-state index contributed by atoms with van der Waals surface area (Å²) in [6.45, 7) is 6.50. The molecule has 2 aliphatic rings. The molecule has 184 valence electrons. The smallest absolute Gasteiger partial charge is 0.229 e. The van der Waals surface area contributed by atoms with E-state index in [-0.39, 0.29) is 7.92 Å². The lowest BCUT2D eigenvalue weighted by Gasteiger charge is -2.59. The van der Waals surface area contributed by atoms with Gasteiger partial charge in [-0.2, -0.15) is 4.98 Å². The molecule has 0 radical (unpaired) electrons. The van der Waals surface area contributed by atoms with E-state index in [4.69, 9.17) is 21.1 Å². The van der Waals surface area contributed by atoms with Gasteiger partial charge < -0.3 is 25.0 Å². The van der Waals surface area contributed by atoms with Crippen LogP contribution in [-0.2, 0) is 4.74 Å². The van der Waals surface area contributed by atoms with Crippen LogP contribution in [0.2, 0.25) is 5.02 Å². The van der Waals surface area contributed by atoms with Gasteiger partial charge in [-0.3, -0.25) is 0 Å². The summed E-state index contributed by atoms with van der Waals surface area (Å²) in [6, 6.07) is 14.4. The number of aromatic nitrogens is 2. The lowest BCUT2D eigenvalue weighted by atomic mass is 9.61. The summed E-state index contributed by atoms with van der Waals surface area (Å²) < 4.78 is 11.3. The second-order valence-corrected chi connectivity index (χ2v) is 12.2. The van der Waals surface area contributed by atoms with Crippen LogP contribution in [0.15, 0.2) is 48.7 Å². The Morgan fingerprint density at radius 3 is 2.49 bits per heavy atom. The molecule has 2 N–H and O–H groups in total. The van der Waals surface area contributed by atoms with Crippen molar-refractivity contribution in [3.8, 4) is 5.75 Å². The number of nitrogens with zero attached hydrogens (tertiary/aromatic N) is 3. The van der Waals surface area contributed by atoms with Crippen molar-refractivity contribution in [3.63, 3.8) is 0 Å². The van der Waals surface area contributed by atoms with Crippen LogP contribution in [0.4, 0.5) is 28.8 Å². The van der Waals surface area contributed by atoms with Crippen LogP contribution >= 0.6 is 19.5 Å². The van der Waals surface area contributed by atoms with Gasteiger partial charge in [0.05, 0.1) is 30.8 Å². The van der Waals surface area contributed by atoms with E-state index in [2.05, 4.69) is 57.0 Å². The second kappa shape index (κ2) is 9.81. The molecule has 0 atom stereocenters. The van der Waals surface area contributed by atoms with Crippen molar-refractivity contribution in [1.82, 2.24) is 9.97 Å². The molecule has 1 saturated carbocycles. The molecule has 2 aromatic carbocycles. The standard InChI is InChI=1S/C26H31ClN5O2P/c1-33-17-12-26(13-17)15-32(16-26)21-10-7-9-20(23(21)34-2)30-25-28-14-18(27)24(31-25)29-19-8-5-6-11-22(19)35(3)4/h5-11,14,17H,12-13,15-16H2,1-4H3,(H2,28,29,30,31). The van der Waals surface area contributed by atoms with E-state index in [0.717, 1.165) is 48.7 Å². The van der Waals surface area contributed by atoms with E-state index in [9.17, 15) is 0 Å². The highest BCUT2D eigenvalue weighted by Crippen LogP contribution is 2.52. The van der Waals surface area contributed by atoms with E-state index in [1.165, 1.54) is 5.30 Å². The van der Waals surface area contributed by atoms with E-state index in [1.54, 1.807) is 20.4 Å². The van der Waals surface area contributed by atoms with Crippen molar-refractivity contribution >= 4 is 53.7 Å². The number of ether oxygens (including phenoxy) is 2. The number of anilines is 5. The van der Waals surface area contributed by atoms with Crippen molar-refractivity contribution in [2.75, 3.05) is 56.2 Å². The first-order valence-corrected chi connectivity index (χ1v) is 14.3. The molecule has 9 heteroatoms. The average molecular weight is 512 g/mol. The number of para-hydroxylation sites is 2. The largest absolute Gasteiger partial charge is 0.492 e. The van der Waals surface area contributed by atoms with Gasteiger partial charge in [0, 0.05) is 31.3 Å². The molecule has 1 saturated heterocycles. The SMILES string of the molecule is COc1c(Nc2ncc(Cl)c(Nc3ccccc3P(C)C)n2)cccc1N1CC2(CC(OC)C2)C1. The Hall–Kier alpha value is -2.60. The van der Waals surface area contributed by atoms with Gasteiger partial charge in [-0.25, -0.2) is 4.98 Å². The molecular formula is C26H31ClN5O2P. The van der Waals surface area contributed by atoms with Crippen molar-refractivity contribution in [1.29, 1.82) is 0 Å². The summed E-state index contributed by atoms with van der Waals surface area (Å²) in [6.07, 6.45) is 4.29. The summed E-state index contributed by atoms with van der Waals surface area (Å²) in [5.41, 5.74) is 3.29. The molecule has 2 fully saturated rings. The maximum Gasteiger partial charge on any atom is 0.229 e. The maximum absolute atomic E-state index is 6.45. The fraction of sp³-hybridized carbons (Fsp3) is 0.385. The fourth-order valence-corrected chi connectivity index (χ4v) is 6.22. The third-order valence-electron chi connectivity index (χ3n) is 6.88. The molecule has 2 heterocycles. The first-order valence-electron chi connectivity index (χ1n) is 11.7. The highest BCUT2D eigenvalue weighted by Gasteiger charge is 2.53. The van der Waals surface area contributed by atoms with Gasteiger partial charge in [0.1, 0.15) is 5.02 Å². The zero-order chi connectivity index (χ0) is 24.6. The number of hydrogen-bond acceptors (Lipinski definition) is 7. The summed E-state index contributed by atoms with van der Waals surface area (Å²) in [7, 11) is 3.22. The first kappa shape index (κ1) is 24.1. The summed E-state index contributed by atoms with van der Waals surface area (Å²) in [5.74, 6) is 1.79. The zero-order valence-electron chi connectivity index (χ0n) is 20.5. The number of benzene rings is 2. The molecule has 1 spiro atoms. The molecule has 1 aliphatic heterocycles. The molecule has 0 amide bonds. The molecule has 5 rings (SSSR count). The van der Waals surface area contributed by atoms with Crippen molar-refractivity contribution in [2.45, 2.75) is 18.9 Å². The Morgan fingerprint density at radius 1 is 1.03 bits per heavy atom. The van der Waals surface area contributed by atoms with Gasteiger partial charge in [0.2, 0.25) is 5.95 Å². The Balaban J connectivity index is 1.35. The molecule has 7 nitrogen and oxygen atoms in total. The lowest BCUT2D eigenvalue weighted by molar-refractivity contribution is -0.0732. The molecule has 0 unspecified atom stereocenters. The Morgan fingerprint density at radius 2 is 1.77 bits per heavy atom. The molecule has 1 aromatic heterocycles. The average Bonchev–Trinajstić information content (AvgIpc) is 2.80. The molecular weight excluding hydrogens is 481 g/mol. The molecule has 1 aliphatic carbocycles. The van der Waals surface area contributed by atoms with Crippen LogP contribution in [0.1, 0.15) is 12.8 Å². The van der Waals surface area contributed by atoms with Gasteiger partial charge in [0.25, 0.3) is 0 Å². The third-order valence-corrected chi connectivity index (χ3v) is 8.51. The van der Waals surface area contributed by atoms with Crippen molar-refractivity contribution in [2.24, 2.45) is 5.41 Å². The number of halogens is 1. The molecule has 35 heavy (non-hydrogen) atoms. The normalized spacial score (nSPS) is 16.7. The fourth-order valence-electron chi connectivity index (χ4n) is 5.08. The van der Waals surface area contributed by atoms with Crippen LogP contribution < -0.4 is 25.6 Å². The van der Waals surface area contributed by atoms with Gasteiger partial charge >= 0.3 is 0 Å². The van der Waals surface area contributed by atoms with Crippen molar-refractivity contribution < 1.29 is 9.47 Å². The Kier molecular flexibility index (Phi) is 6.75. The van der Waals surface area contributed by atoms with E-state index in [0.29, 0.717) is 28.3 Å². The minimum absolute atomic E-state index is 0.283. The number of rotatable bonds is 8. The van der Waals surface area contributed by atoms with Crippen LogP contribution in [0.5, 0.6) is 5.75 Å². The number of hydrogen-bond donors (Lipinski definition) is 2. The summed E-state index contributed by atoms with van der Waals surface area (Å²) in [4.78, 5) is 11.4. The minimum atomic E-state index is -0.283.